The molecule has 0 N–H and O–H groups in total. The van der Waals surface area contributed by atoms with E-state index in [0.717, 1.165) is 0 Å². The molecule has 6 heteroatoms. The molecule has 2 heterocycles. The van der Waals surface area contributed by atoms with Gasteiger partial charge in [0.25, 0.3) is 0 Å². The van der Waals surface area contributed by atoms with Gasteiger partial charge in [-0.2, -0.15) is 0 Å². The Bertz CT molecular complexity index is 427. The maximum atomic E-state index is 11.8. The average Bonchev–Trinajstić information content (AvgIpc) is 2.61. The highest BCUT2D eigenvalue weighted by molar-refractivity contribution is 5.69. The van der Waals surface area contributed by atoms with Crippen LogP contribution in [0.2, 0.25) is 0 Å². The Morgan fingerprint density at radius 1 is 0.850 bits per heavy atom. The molecule has 0 bridgehead atoms. The van der Waals surface area contributed by atoms with Crippen molar-refractivity contribution in [3.8, 4) is 0 Å². The van der Waals surface area contributed by atoms with Crippen LogP contribution in [0.5, 0.6) is 0 Å². The minimum Gasteiger partial charge on any atom is -0.426 e. The fourth-order valence-electron chi connectivity index (χ4n) is 3.30. The number of carbonyl (C=O) groups is 2. The Morgan fingerprint density at radius 3 is 1.85 bits per heavy atom. The van der Waals surface area contributed by atoms with Crippen LogP contribution in [0.1, 0.15) is 41.5 Å². The summed E-state index contributed by atoms with van der Waals surface area (Å²) < 4.78 is 21.6. The van der Waals surface area contributed by atoms with E-state index < -0.39 is 29.8 Å². The van der Waals surface area contributed by atoms with Gasteiger partial charge in [-0.1, -0.05) is 41.5 Å². The number of fused-ring (bicyclic) bond motifs is 1. The van der Waals surface area contributed by atoms with Gasteiger partial charge in [0, 0.05) is 11.8 Å². The molecule has 0 aliphatic carbocycles. The summed E-state index contributed by atoms with van der Waals surface area (Å²) in [7, 11) is 0. The van der Waals surface area contributed by atoms with Gasteiger partial charge >= 0.3 is 18.1 Å². The fraction of sp³-hybridized carbons (Fsp3) is 0.857. The van der Waals surface area contributed by atoms with E-state index in [0.29, 0.717) is 0 Å². The second-order valence-corrected chi connectivity index (χ2v) is 6.36. The van der Waals surface area contributed by atoms with Crippen molar-refractivity contribution < 1.29 is 28.5 Å². The molecule has 3 unspecified atom stereocenters. The van der Waals surface area contributed by atoms with Gasteiger partial charge in [0.2, 0.25) is 5.60 Å². The third-order valence-electron chi connectivity index (χ3n) is 4.14. The maximum absolute atomic E-state index is 11.8. The first-order valence-electron chi connectivity index (χ1n) is 6.99. The number of cyclic esters (lactones) is 1. The number of hydrogen-bond acceptors (Lipinski definition) is 6. The molecule has 114 valence electrons. The van der Waals surface area contributed by atoms with Crippen molar-refractivity contribution in [3.05, 3.63) is 0 Å². The zero-order valence-electron chi connectivity index (χ0n) is 12.8. The van der Waals surface area contributed by atoms with Crippen molar-refractivity contribution in [2.24, 2.45) is 17.8 Å². The SMILES string of the molecule is CC(C)C1OC(=O)OC2(C(C)C)OC(=O)OC12C(C)C. The molecule has 0 aromatic rings. The third-order valence-corrected chi connectivity index (χ3v) is 4.14. The van der Waals surface area contributed by atoms with E-state index in [4.69, 9.17) is 18.9 Å². The van der Waals surface area contributed by atoms with Gasteiger partial charge in [-0.15, -0.1) is 0 Å². The lowest BCUT2D eigenvalue weighted by atomic mass is 9.70. The Kier molecular flexibility index (Phi) is 3.38. The monoisotopic (exact) mass is 286 g/mol. The second-order valence-electron chi connectivity index (χ2n) is 6.36. The standard InChI is InChI=1S/C14H22O6/c1-7(2)10-13(8(3)4)14(9(5)6,19-11(15)17-10)20-12(16)18-13/h7-10H,1-6H3. The van der Waals surface area contributed by atoms with Crippen LogP contribution in [-0.4, -0.2) is 29.8 Å². The first kappa shape index (κ1) is 14.9. The second kappa shape index (κ2) is 4.53. The number of rotatable bonds is 3. The molecule has 2 fully saturated rings. The zero-order valence-corrected chi connectivity index (χ0v) is 12.8. The summed E-state index contributed by atoms with van der Waals surface area (Å²) in [6.45, 7) is 11.3. The molecule has 0 saturated carbocycles. The third kappa shape index (κ3) is 1.70. The van der Waals surface area contributed by atoms with Crippen molar-refractivity contribution in [1.82, 2.24) is 0 Å². The molecule has 0 radical (unpaired) electrons. The summed E-state index contributed by atoms with van der Waals surface area (Å²) in [6, 6.07) is 0. The van der Waals surface area contributed by atoms with Crippen molar-refractivity contribution in [2.45, 2.75) is 59.0 Å². The molecule has 2 saturated heterocycles. The maximum Gasteiger partial charge on any atom is 0.512 e. The summed E-state index contributed by atoms with van der Waals surface area (Å²) in [5, 5.41) is 0. The van der Waals surface area contributed by atoms with E-state index in [1.165, 1.54) is 0 Å². The molecule has 3 atom stereocenters. The largest absolute Gasteiger partial charge is 0.512 e. The summed E-state index contributed by atoms with van der Waals surface area (Å²) in [6.07, 6.45) is -2.26. The molecule has 0 amide bonds. The van der Waals surface area contributed by atoms with Crippen molar-refractivity contribution in [3.63, 3.8) is 0 Å². The van der Waals surface area contributed by atoms with Crippen molar-refractivity contribution in [1.29, 1.82) is 0 Å². The first-order chi connectivity index (χ1) is 9.17. The average molecular weight is 286 g/mol. The summed E-state index contributed by atoms with van der Waals surface area (Å²) in [5.41, 5.74) is -1.14. The van der Waals surface area contributed by atoms with Gasteiger partial charge in [0.1, 0.15) is 0 Å². The fourth-order valence-corrected chi connectivity index (χ4v) is 3.30. The summed E-state index contributed by atoms with van der Waals surface area (Å²) >= 11 is 0. The Balaban J connectivity index is 2.64. The Labute approximate surface area is 118 Å². The van der Waals surface area contributed by atoms with Gasteiger partial charge < -0.3 is 18.9 Å². The zero-order chi connectivity index (χ0) is 15.3. The van der Waals surface area contributed by atoms with Crippen LogP contribution < -0.4 is 0 Å². The van der Waals surface area contributed by atoms with Crippen LogP contribution in [-0.2, 0) is 18.9 Å². The highest BCUT2D eigenvalue weighted by atomic mass is 16.9. The normalized spacial score (nSPS) is 36.5. The topological polar surface area (TPSA) is 71.1 Å². The molecule has 0 spiro atoms. The van der Waals surface area contributed by atoms with Crippen LogP contribution in [0, 0.1) is 17.8 Å². The Morgan fingerprint density at radius 2 is 1.40 bits per heavy atom. The van der Waals surface area contributed by atoms with Gasteiger partial charge in [0.15, 0.2) is 6.10 Å². The lowest BCUT2D eigenvalue weighted by Crippen LogP contribution is -2.71. The minimum absolute atomic E-state index is 0.0436. The number of carbonyl (C=O) groups excluding carboxylic acids is 2. The van der Waals surface area contributed by atoms with E-state index in [1.54, 1.807) is 0 Å². The van der Waals surface area contributed by atoms with Crippen LogP contribution in [0.3, 0.4) is 0 Å². The van der Waals surface area contributed by atoms with E-state index in [9.17, 15) is 9.59 Å². The van der Waals surface area contributed by atoms with E-state index in [-0.39, 0.29) is 17.8 Å². The summed E-state index contributed by atoms with van der Waals surface area (Å²) in [4.78, 5) is 23.6. The van der Waals surface area contributed by atoms with E-state index in [1.807, 2.05) is 41.5 Å². The van der Waals surface area contributed by atoms with Crippen LogP contribution >= 0.6 is 0 Å². The molecule has 2 aliphatic rings. The molecule has 6 nitrogen and oxygen atoms in total. The predicted molar refractivity (Wildman–Crippen MR) is 68.9 cm³/mol. The molecule has 0 aromatic carbocycles. The van der Waals surface area contributed by atoms with E-state index >= 15 is 0 Å². The molecular formula is C14H22O6. The van der Waals surface area contributed by atoms with Crippen LogP contribution in [0.4, 0.5) is 9.59 Å². The molecule has 2 rings (SSSR count). The smallest absolute Gasteiger partial charge is 0.426 e. The Hall–Kier alpha value is -1.46. The number of hydrogen-bond donors (Lipinski definition) is 0. The summed E-state index contributed by atoms with van der Waals surface area (Å²) in [5.74, 6) is -1.89. The van der Waals surface area contributed by atoms with Crippen molar-refractivity contribution in [2.75, 3.05) is 0 Å². The van der Waals surface area contributed by atoms with Crippen LogP contribution in [0.25, 0.3) is 0 Å². The highest BCUT2D eigenvalue weighted by Crippen LogP contribution is 2.54. The van der Waals surface area contributed by atoms with Gasteiger partial charge in [-0.05, 0) is 5.92 Å². The minimum atomic E-state index is -1.44. The van der Waals surface area contributed by atoms with Crippen LogP contribution in [0.15, 0.2) is 0 Å². The predicted octanol–water partition coefficient (Wildman–Crippen LogP) is 3.09. The van der Waals surface area contributed by atoms with Gasteiger partial charge in [-0.25, -0.2) is 9.59 Å². The molecule has 20 heavy (non-hydrogen) atoms. The lowest BCUT2D eigenvalue weighted by Gasteiger charge is -2.51. The van der Waals surface area contributed by atoms with Crippen molar-refractivity contribution >= 4 is 12.3 Å². The lowest BCUT2D eigenvalue weighted by molar-refractivity contribution is -0.316. The molecule has 2 aliphatic heterocycles. The molecular weight excluding hydrogens is 264 g/mol. The van der Waals surface area contributed by atoms with E-state index in [2.05, 4.69) is 0 Å². The number of ether oxygens (including phenoxy) is 4. The van der Waals surface area contributed by atoms with Gasteiger partial charge in [0.05, 0.1) is 0 Å². The highest BCUT2D eigenvalue weighted by Gasteiger charge is 2.76. The first-order valence-corrected chi connectivity index (χ1v) is 6.99. The quantitative estimate of drug-likeness (QED) is 0.742. The molecule has 0 aromatic heterocycles. The van der Waals surface area contributed by atoms with Gasteiger partial charge in [-0.3, -0.25) is 0 Å².